The number of hydrogen-bond donors (Lipinski definition) is 2. The first-order valence-electron chi connectivity index (χ1n) is 13.3. The Bertz CT molecular complexity index is 1190. The molecule has 3 N–H and O–H groups in total. The van der Waals surface area contributed by atoms with E-state index in [4.69, 9.17) is 24.7 Å². The molecule has 11 heteroatoms. The molecule has 0 unspecified atom stereocenters. The van der Waals surface area contributed by atoms with E-state index in [1.807, 2.05) is 51.1 Å². The van der Waals surface area contributed by atoms with Crippen molar-refractivity contribution in [1.82, 2.24) is 9.62 Å². The van der Waals surface area contributed by atoms with Gasteiger partial charge in [0.2, 0.25) is 16.3 Å². The molecule has 0 bridgehead atoms. The van der Waals surface area contributed by atoms with Crippen LogP contribution in [0.4, 0.5) is 10.5 Å². The van der Waals surface area contributed by atoms with E-state index in [1.54, 1.807) is 12.1 Å². The lowest BCUT2D eigenvalue weighted by Gasteiger charge is -2.33. The minimum Gasteiger partial charge on any atom is -0.473 e. The van der Waals surface area contributed by atoms with Crippen molar-refractivity contribution in [2.75, 3.05) is 32.5 Å². The van der Waals surface area contributed by atoms with Gasteiger partial charge in [0.05, 0.1) is 35.8 Å². The van der Waals surface area contributed by atoms with Gasteiger partial charge in [-0.2, -0.15) is 4.31 Å². The molecule has 40 heavy (non-hydrogen) atoms. The summed E-state index contributed by atoms with van der Waals surface area (Å²) < 4.78 is 51.2. The van der Waals surface area contributed by atoms with Crippen molar-refractivity contribution in [3.05, 3.63) is 73.0 Å². The smallest absolute Gasteiger partial charge is 0.407 e. The molecule has 0 aromatic heterocycles. The molecule has 0 radical (unpaired) electrons. The zero-order valence-electron chi connectivity index (χ0n) is 23.6. The second-order valence-corrected chi connectivity index (χ2v) is 12.2. The summed E-state index contributed by atoms with van der Waals surface area (Å²) in [6, 6.07) is 15.1. The molecular weight excluding hydrogens is 534 g/mol. The fourth-order valence-corrected chi connectivity index (χ4v) is 6.18. The molecule has 1 aliphatic rings. The molecule has 220 valence electrons. The molecule has 1 amide bonds. The van der Waals surface area contributed by atoms with Crippen molar-refractivity contribution >= 4 is 21.8 Å². The summed E-state index contributed by atoms with van der Waals surface area (Å²) in [5.41, 5.74) is 7.20. The van der Waals surface area contributed by atoms with Gasteiger partial charge in [0.15, 0.2) is 0 Å². The molecule has 0 aliphatic carbocycles. The number of nitrogen functional groups attached to an aromatic ring is 1. The number of alkyl carbamates (subject to hydrolysis) is 1. The maximum atomic E-state index is 13.7. The molecule has 1 aliphatic heterocycles. The maximum absolute atomic E-state index is 13.7. The third kappa shape index (κ3) is 8.44. The van der Waals surface area contributed by atoms with Gasteiger partial charge in [-0.15, -0.1) is 0 Å². The van der Waals surface area contributed by atoms with Crippen LogP contribution in [0.1, 0.15) is 26.3 Å². The number of benzene rings is 2. The number of nitrogens with two attached hydrogens (primary N) is 1. The summed E-state index contributed by atoms with van der Waals surface area (Å²) in [7, 11) is -2.37. The summed E-state index contributed by atoms with van der Waals surface area (Å²) in [6.07, 6.45) is -0.727. The summed E-state index contributed by atoms with van der Waals surface area (Å²) >= 11 is 0. The largest absolute Gasteiger partial charge is 0.473 e. The van der Waals surface area contributed by atoms with Gasteiger partial charge < -0.3 is 30.0 Å². The van der Waals surface area contributed by atoms with Crippen LogP contribution in [0.2, 0.25) is 0 Å². The number of carbonyl (C=O) groups is 1. The molecule has 1 saturated heterocycles. The molecule has 5 atom stereocenters. The number of methoxy groups -OCH3 is 1. The Morgan fingerprint density at radius 3 is 2.45 bits per heavy atom. The van der Waals surface area contributed by atoms with E-state index < -0.39 is 40.7 Å². The predicted octanol–water partition coefficient (Wildman–Crippen LogP) is 3.79. The first-order valence-corrected chi connectivity index (χ1v) is 14.8. The summed E-state index contributed by atoms with van der Waals surface area (Å²) in [5, 5.41) is 2.93. The highest BCUT2D eigenvalue weighted by Crippen LogP contribution is 2.25. The Hall–Kier alpha value is -3.12. The van der Waals surface area contributed by atoms with Gasteiger partial charge in [0, 0.05) is 25.9 Å². The maximum Gasteiger partial charge on any atom is 0.407 e. The number of amides is 1. The number of carbonyl (C=O) groups excluding carboxylic acids is 1. The van der Waals surface area contributed by atoms with Crippen LogP contribution < -0.4 is 11.1 Å². The van der Waals surface area contributed by atoms with E-state index in [0.717, 1.165) is 5.56 Å². The van der Waals surface area contributed by atoms with Crippen molar-refractivity contribution in [2.45, 2.75) is 56.6 Å². The highest BCUT2D eigenvalue weighted by atomic mass is 32.2. The Morgan fingerprint density at radius 1 is 1.18 bits per heavy atom. The topological polar surface area (TPSA) is 129 Å². The van der Waals surface area contributed by atoms with Gasteiger partial charge in [-0.1, -0.05) is 57.7 Å². The quantitative estimate of drug-likeness (QED) is 0.257. The van der Waals surface area contributed by atoms with Crippen LogP contribution in [0, 0.1) is 11.8 Å². The van der Waals surface area contributed by atoms with Gasteiger partial charge in [0.1, 0.15) is 6.10 Å². The van der Waals surface area contributed by atoms with Crippen LogP contribution in [0.3, 0.4) is 0 Å². The molecule has 2 aromatic carbocycles. The number of rotatable bonds is 14. The van der Waals surface area contributed by atoms with Crippen LogP contribution in [0.25, 0.3) is 0 Å². The van der Waals surface area contributed by atoms with Gasteiger partial charge in [-0.3, -0.25) is 0 Å². The second kappa shape index (κ2) is 14.5. The number of sulfonamides is 1. The van der Waals surface area contributed by atoms with E-state index in [1.165, 1.54) is 29.8 Å². The van der Waals surface area contributed by atoms with Gasteiger partial charge in [-0.05, 0) is 42.2 Å². The number of nitrogens with zero attached hydrogens (tertiary/aromatic N) is 1. The van der Waals surface area contributed by atoms with Crippen molar-refractivity contribution in [3.63, 3.8) is 0 Å². The minimum absolute atomic E-state index is 0.0113. The van der Waals surface area contributed by atoms with Crippen molar-refractivity contribution in [2.24, 2.45) is 11.8 Å². The van der Waals surface area contributed by atoms with Crippen LogP contribution in [-0.2, 0) is 35.4 Å². The highest BCUT2D eigenvalue weighted by molar-refractivity contribution is 7.89. The monoisotopic (exact) mass is 575 g/mol. The molecule has 1 fully saturated rings. The molecule has 2 aromatic rings. The minimum atomic E-state index is -3.88. The summed E-state index contributed by atoms with van der Waals surface area (Å²) in [6.45, 7) is 9.76. The zero-order chi connectivity index (χ0) is 29.3. The SMILES string of the molecule is C=CO[C@@H]1OC[C@H](OC(=O)N[C@@H](Cc2ccccc2)[C@@H](CN(CC(C)C)S(=O)(=O)c2ccc(N)cc2)OC)[C@@H]1C. The normalized spacial score (nSPS) is 20.7. The van der Waals surface area contributed by atoms with Crippen molar-refractivity contribution < 1.29 is 32.2 Å². The van der Waals surface area contributed by atoms with Crippen LogP contribution in [0.15, 0.2) is 72.3 Å². The summed E-state index contributed by atoms with van der Waals surface area (Å²) in [5.74, 6) is -0.165. The Kier molecular flexibility index (Phi) is 11.4. The van der Waals surface area contributed by atoms with Crippen LogP contribution in [-0.4, -0.2) is 70.2 Å². The molecule has 0 saturated carbocycles. The molecule has 10 nitrogen and oxygen atoms in total. The van der Waals surface area contributed by atoms with Crippen molar-refractivity contribution in [1.29, 1.82) is 0 Å². The van der Waals surface area contributed by atoms with E-state index in [9.17, 15) is 13.2 Å². The number of anilines is 1. The van der Waals surface area contributed by atoms with E-state index >= 15 is 0 Å². The molecule has 3 rings (SSSR count). The fourth-order valence-electron chi connectivity index (χ4n) is 4.57. The fraction of sp³-hybridized carbons (Fsp3) is 0.483. The third-order valence-corrected chi connectivity index (χ3v) is 8.60. The lowest BCUT2D eigenvalue weighted by atomic mass is 10.0. The second-order valence-electron chi connectivity index (χ2n) is 10.3. The number of hydrogen-bond acceptors (Lipinski definition) is 8. The molecule has 0 spiro atoms. The average Bonchev–Trinajstić information content (AvgIpc) is 3.25. The van der Waals surface area contributed by atoms with Crippen LogP contribution >= 0.6 is 0 Å². The predicted molar refractivity (Wildman–Crippen MR) is 153 cm³/mol. The Balaban J connectivity index is 1.83. The van der Waals surface area contributed by atoms with E-state index in [2.05, 4.69) is 11.9 Å². The molecular formula is C29H41N3O7S. The number of ether oxygens (including phenoxy) is 4. The third-order valence-electron chi connectivity index (χ3n) is 6.75. The zero-order valence-corrected chi connectivity index (χ0v) is 24.4. The van der Waals surface area contributed by atoms with Crippen molar-refractivity contribution in [3.8, 4) is 0 Å². The standard InChI is InChI=1S/C29H41N3O7S/c1-6-37-28-21(4)27(19-38-28)39-29(33)31-25(16-22-10-8-7-9-11-22)26(36-5)18-32(17-20(2)3)40(34,35)24-14-12-23(30)13-15-24/h6-15,20-21,25-28H,1,16-19,30H2,2-5H3,(H,31,33)/t21-,25-,26+,27-,28+/m0/s1. The van der Waals surface area contributed by atoms with E-state index in [0.29, 0.717) is 12.1 Å². The summed E-state index contributed by atoms with van der Waals surface area (Å²) in [4.78, 5) is 13.2. The Labute approximate surface area is 237 Å². The van der Waals surface area contributed by atoms with Gasteiger partial charge in [-0.25, -0.2) is 13.2 Å². The van der Waals surface area contributed by atoms with Gasteiger partial charge >= 0.3 is 6.09 Å². The Morgan fingerprint density at radius 2 is 1.85 bits per heavy atom. The lowest BCUT2D eigenvalue weighted by Crippen LogP contribution is -2.52. The average molecular weight is 576 g/mol. The number of nitrogens with one attached hydrogen (secondary N) is 1. The highest BCUT2D eigenvalue weighted by Gasteiger charge is 2.39. The van der Waals surface area contributed by atoms with Crippen LogP contribution in [0.5, 0.6) is 0 Å². The molecule has 1 heterocycles. The van der Waals surface area contributed by atoms with E-state index in [-0.39, 0.29) is 36.4 Å². The lowest BCUT2D eigenvalue weighted by molar-refractivity contribution is -0.0871. The first-order chi connectivity index (χ1) is 19.0. The first kappa shape index (κ1) is 31.4. The van der Waals surface area contributed by atoms with Gasteiger partial charge in [0.25, 0.3) is 0 Å².